The molecule has 0 aromatic heterocycles. The maximum Gasteiger partial charge on any atom is 0.257 e. The van der Waals surface area contributed by atoms with E-state index in [2.05, 4.69) is 11.7 Å². The third kappa shape index (κ3) is 3.06. The van der Waals surface area contributed by atoms with Crippen molar-refractivity contribution < 1.29 is 9.90 Å². The first-order valence-electron chi connectivity index (χ1n) is 6.06. The van der Waals surface area contributed by atoms with Gasteiger partial charge < -0.3 is 15.7 Å². The number of rotatable bonds is 4. The average molecular weight is 273 g/mol. The van der Waals surface area contributed by atoms with E-state index in [0.717, 1.165) is 0 Å². The first kappa shape index (κ1) is 15.5. The van der Waals surface area contributed by atoms with Gasteiger partial charge in [0.25, 0.3) is 5.91 Å². The lowest BCUT2D eigenvalue weighted by Gasteiger charge is -2.17. The summed E-state index contributed by atoms with van der Waals surface area (Å²) in [7, 11) is 3.22. The fourth-order valence-electron chi connectivity index (χ4n) is 1.77. The number of hydrogen-bond acceptors (Lipinski definition) is 4. The third-order valence-corrected chi connectivity index (χ3v) is 2.72. The Hall–Kier alpha value is -2.56. The van der Waals surface area contributed by atoms with Gasteiger partial charge in [0.15, 0.2) is 5.75 Å². The number of carbonyl (C=O) groups is 1. The molecule has 0 atom stereocenters. The van der Waals surface area contributed by atoms with E-state index in [1.54, 1.807) is 32.3 Å². The van der Waals surface area contributed by atoms with Crippen LogP contribution in [-0.4, -0.2) is 36.7 Å². The number of hydrogen-bond donors (Lipinski definition) is 2. The van der Waals surface area contributed by atoms with Gasteiger partial charge in [-0.05, 0) is 25.3 Å². The van der Waals surface area contributed by atoms with Gasteiger partial charge in [-0.3, -0.25) is 9.79 Å². The molecule has 0 bridgehead atoms. The summed E-state index contributed by atoms with van der Waals surface area (Å²) in [4.78, 5) is 17.4. The molecule has 1 aromatic rings. The molecule has 0 radical (unpaired) electrons. The number of phenolic OH excluding ortho intramolecular Hbond substituents is 1. The highest BCUT2D eigenvalue weighted by Gasteiger charge is 2.21. The number of allylic oxidation sites excluding steroid dienone is 3. The highest BCUT2D eigenvalue weighted by atomic mass is 16.3. The predicted octanol–water partition coefficient (Wildman–Crippen LogP) is 2.29. The normalized spacial score (nSPS) is 11.7. The smallest absolute Gasteiger partial charge is 0.257 e. The van der Waals surface area contributed by atoms with E-state index < -0.39 is 0 Å². The summed E-state index contributed by atoms with van der Waals surface area (Å²) in [6, 6.07) is 3.24. The van der Waals surface area contributed by atoms with Crippen molar-refractivity contribution in [3.05, 3.63) is 41.6 Å². The van der Waals surface area contributed by atoms with E-state index in [-0.39, 0.29) is 22.9 Å². The van der Waals surface area contributed by atoms with Crippen LogP contribution in [0.15, 0.2) is 35.5 Å². The summed E-state index contributed by atoms with van der Waals surface area (Å²) in [6.07, 6.45) is 5.12. The number of nitrogens with two attached hydrogens (primary N) is 1. The predicted molar refractivity (Wildman–Crippen MR) is 82.9 cm³/mol. The zero-order valence-electron chi connectivity index (χ0n) is 11.9. The fraction of sp³-hybridized carbons (Fsp3) is 0.200. The zero-order valence-corrected chi connectivity index (χ0v) is 11.9. The first-order valence-corrected chi connectivity index (χ1v) is 6.06. The van der Waals surface area contributed by atoms with Crippen LogP contribution in [-0.2, 0) is 0 Å². The van der Waals surface area contributed by atoms with Gasteiger partial charge in [-0.25, -0.2) is 0 Å². The van der Waals surface area contributed by atoms with Crippen molar-refractivity contribution in [3.8, 4) is 5.75 Å². The molecule has 0 aliphatic rings. The van der Waals surface area contributed by atoms with Crippen LogP contribution in [0.4, 0.5) is 5.69 Å². The van der Waals surface area contributed by atoms with E-state index >= 15 is 0 Å². The third-order valence-electron chi connectivity index (χ3n) is 2.72. The van der Waals surface area contributed by atoms with Crippen LogP contribution in [0.25, 0.3) is 5.57 Å². The van der Waals surface area contributed by atoms with Crippen LogP contribution in [0.2, 0.25) is 0 Å². The molecule has 3 N–H and O–H groups in total. The van der Waals surface area contributed by atoms with Crippen molar-refractivity contribution in [2.24, 2.45) is 4.99 Å². The fourth-order valence-corrected chi connectivity index (χ4v) is 1.77. The monoisotopic (exact) mass is 273 g/mol. The van der Waals surface area contributed by atoms with Crippen molar-refractivity contribution in [3.63, 3.8) is 0 Å². The molecule has 0 aliphatic carbocycles. The minimum absolute atomic E-state index is 0.156. The molecule has 0 aliphatic heterocycles. The minimum Gasteiger partial charge on any atom is -0.505 e. The highest BCUT2D eigenvalue weighted by molar-refractivity contribution is 6.04. The molecule has 1 aromatic carbocycles. The largest absolute Gasteiger partial charge is 0.505 e. The zero-order chi connectivity index (χ0) is 15.3. The molecule has 0 heterocycles. The molecule has 106 valence electrons. The number of phenols is 1. The SMILES string of the molecule is C=N/C=C(\C=C/C)c1ccc(N)c(O)c1C(=O)N(C)C. The first-order chi connectivity index (χ1) is 9.43. The second-order valence-corrected chi connectivity index (χ2v) is 4.39. The molecule has 5 heteroatoms. The highest BCUT2D eigenvalue weighted by Crippen LogP contribution is 2.33. The molecule has 0 spiro atoms. The second-order valence-electron chi connectivity index (χ2n) is 4.39. The Morgan fingerprint density at radius 3 is 2.60 bits per heavy atom. The lowest BCUT2D eigenvalue weighted by atomic mass is 9.97. The number of anilines is 1. The number of aromatic hydroxyl groups is 1. The van der Waals surface area contributed by atoms with Gasteiger partial charge in [0, 0.05) is 25.9 Å². The van der Waals surface area contributed by atoms with Crippen LogP contribution in [0.5, 0.6) is 5.75 Å². The van der Waals surface area contributed by atoms with Crippen LogP contribution in [0, 0.1) is 0 Å². The Labute approximate surface area is 118 Å². The summed E-state index contributed by atoms with van der Waals surface area (Å²) in [5.74, 6) is -0.551. The summed E-state index contributed by atoms with van der Waals surface area (Å²) in [5, 5.41) is 10.1. The average Bonchev–Trinajstić information content (AvgIpc) is 2.40. The summed E-state index contributed by atoms with van der Waals surface area (Å²) >= 11 is 0. The minimum atomic E-state index is -0.329. The molecule has 1 amide bonds. The van der Waals surface area contributed by atoms with Gasteiger partial charge >= 0.3 is 0 Å². The van der Waals surface area contributed by atoms with Gasteiger partial charge in [0.1, 0.15) is 0 Å². The van der Waals surface area contributed by atoms with E-state index in [9.17, 15) is 9.90 Å². The Kier molecular flexibility index (Phi) is 5.08. The molecular weight excluding hydrogens is 254 g/mol. The van der Waals surface area contributed by atoms with Crippen molar-refractivity contribution in [1.29, 1.82) is 0 Å². The molecule has 1 rings (SSSR count). The van der Waals surface area contributed by atoms with Crippen LogP contribution >= 0.6 is 0 Å². The molecule has 5 nitrogen and oxygen atoms in total. The topological polar surface area (TPSA) is 78.9 Å². The van der Waals surface area contributed by atoms with Gasteiger partial charge in [-0.2, -0.15) is 0 Å². The Bertz CT molecular complexity index is 587. The summed E-state index contributed by atoms with van der Waals surface area (Å²) < 4.78 is 0. The van der Waals surface area contributed by atoms with E-state index in [1.165, 1.54) is 11.1 Å². The van der Waals surface area contributed by atoms with E-state index in [0.29, 0.717) is 11.1 Å². The molecule has 0 fully saturated rings. The van der Waals surface area contributed by atoms with Gasteiger partial charge in [-0.1, -0.05) is 18.2 Å². The Balaban J connectivity index is 3.62. The molecule has 0 unspecified atom stereocenters. The van der Waals surface area contributed by atoms with Crippen molar-refractivity contribution in [2.45, 2.75) is 6.92 Å². The van der Waals surface area contributed by atoms with Crippen LogP contribution < -0.4 is 5.73 Å². The van der Waals surface area contributed by atoms with Gasteiger partial charge in [0.05, 0.1) is 11.3 Å². The Morgan fingerprint density at radius 1 is 1.45 bits per heavy atom. The molecule has 20 heavy (non-hydrogen) atoms. The van der Waals surface area contributed by atoms with E-state index in [1.807, 2.05) is 13.0 Å². The van der Waals surface area contributed by atoms with Crippen molar-refractivity contribution in [2.75, 3.05) is 19.8 Å². The van der Waals surface area contributed by atoms with E-state index in [4.69, 9.17) is 5.73 Å². The van der Waals surface area contributed by atoms with Crippen LogP contribution in [0.3, 0.4) is 0 Å². The van der Waals surface area contributed by atoms with Crippen molar-refractivity contribution >= 4 is 23.9 Å². The maximum atomic E-state index is 12.3. The van der Waals surface area contributed by atoms with Gasteiger partial charge in [-0.15, -0.1) is 0 Å². The number of nitrogen functional groups attached to an aromatic ring is 1. The summed E-state index contributed by atoms with van der Waals surface area (Å²) in [5.41, 5.74) is 7.22. The maximum absolute atomic E-state index is 12.3. The number of aliphatic imine (C=N–C) groups is 1. The van der Waals surface area contributed by atoms with Gasteiger partial charge in [0.2, 0.25) is 0 Å². The Morgan fingerprint density at radius 2 is 2.10 bits per heavy atom. The molecular formula is C15H19N3O2. The lowest BCUT2D eigenvalue weighted by Crippen LogP contribution is -2.23. The lowest BCUT2D eigenvalue weighted by molar-refractivity contribution is 0.0824. The van der Waals surface area contributed by atoms with Crippen LogP contribution in [0.1, 0.15) is 22.8 Å². The summed E-state index contributed by atoms with van der Waals surface area (Å²) in [6.45, 7) is 5.26. The molecule has 0 saturated heterocycles. The quantitative estimate of drug-likeness (QED) is 0.382. The molecule has 0 saturated carbocycles. The number of benzene rings is 1. The number of carbonyl (C=O) groups excluding carboxylic acids is 1. The standard InChI is InChI=1S/C15H19N3O2/c1-5-6-10(9-17-2)11-7-8-12(16)14(19)13(11)15(20)18(3)4/h5-9,19H,2,16H2,1,3-4H3/b6-5-,10-9+. The second kappa shape index (κ2) is 6.56. The number of nitrogens with zero attached hydrogens (tertiary/aromatic N) is 2. The number of amides is 1. The van der Waals surface area contributed by atoms with Crippen molar-refractivity contribution in [1.82, 2.24) is 4.90 Å².